The summed E-state index contributed by atoms with van der Waals surface area (Å²) in [5.41, 5.74) is 1.60. The van der Waals surface area contributed by atoms with Crippen LogP contribution in [0.2, 0.25) is 5.02 Å². The Morgan fingerprint density at radius 3 is 2.86 bits per heavy atom. The molecule has 3 heterocycles. The number of nitrogens with zero attached hydrogens (tertiary/aromatic N) is 2. The molecule has 3 aromatic rings. The van der Waals surface area contributed by atoms with Gasteiger partial charge in [-0.2, -0.15) is 0 Å². The van der Waals surface area contributed by atoms with Crippen molar-refractivity contribution in [2.75, 3.05) is 25.0 Å². The van der Waals surface area contributed by atoms with Crippen LogP contribution in [0.4, 0.5) is 5.13 Å². The number of amides is 2. The maximum atomic E-state index is 12.7. The number of benzene rings is 1. The number of carbonyl (C=O) groups is 2. The summed E-state index contributed by atoms with van der Waals surface area (Å²) in [6.45, 7) is 1.49. The number of nitrogens with one attached hydrogen (secondary N) is 1. The molecule has 0 radical (unpaired) electrons. The van der Waals surface area contributed by atoms with Crippen LogP contribution in [0.15, 0.2) is 52.5 Å². The van der Waals surface area contributed by atoms with Crippen LogP contribution in [0, 0.1) is 0 Å². The molecule has 4 rings (SSSR count). The monoisotopic (exact) mass is 431 g/mol. The fourth-order valence-corrected chi connectivity index (χ4v) is 3.86. The smallest absolute Gasteiger partial charge is 0.293 e. The van der Waals surface area contributed by atoms with E-state index in [4.69, 9.17) is 20.8 Å². The summed E-state index contributed by atoms with van der Waals surface area (Å²) in [6, 6.07) is 10.7. The lowest BCUT2D eigenvalue weighted by molar-refractivity contribution is -0.138. The van der Waals surface area contributed by atoms with Gasteiger partial charge in [-0.3, -0.25) is 14.9 Å². The molecule has 0 spiro atoms. The minimum atomic E-state index is -0.374. The number of aromatic nitrogens is 1. The van der Waals surface area contributed by atoms with Crippen LogP contribution in [0.1, 0.15) is 27.9 Å². The predicted octanol–water partition coefficient (Wildman–Crippen LogP) is 3.78. The molecule has 1 fully saturated rings. The molecule has 0 saturated carbocycles. The van der Waals surface area contributed by atoms with Gasteiger partial charge in [-0.05, 0) is 29.8 Å². The van der Waals surface area contributed by atoms with Crippen molar-refractivity contribution in [2.24, 2.45) is 0 Å². The average molecular weight is 432 g/mol. The topological polar surface area (TPSA) is 84.7 Å². The molecule has 2 amide bonds. The Kier molecular flexibility index (Phi) is 5.94. The number of carbonyl (C=O) groups excluding carboxylic acids is 2. The van der Waals surface area contributed by atoms with Gasteiger partial charge in [-0.25, -0.2) is 4.98 Å². The van der Waals surface area contributed by atoms with Crippen LogP contribution in [-0.2, 0) is 16.0 Å². The molecule has 1 aliphatic rings. The van der Waals surface area contributed by atoms with E-state index in [2.05, 4.69) is 10.3 Å². The van der Waals surface area contributed by atoms with E-state index in [9.17, 15) is 9.59 Å². The number of furan rings is 1. The highest BCUT2D eigenvalue weighted by Gasteiger charge is 2.26. The van der Waals surface area contributed by atoms with Crippen molar-refractivity contribution < 1.29 is 18.7 Å². The lowest BCUT2D eigenvalue weighted by Gasteiger charge is -2.33. The van der Waals surface area contributed by atoms with Crippen LogP contribution in [0.25, 0.3) is 0 Å². The van der Waals surface area contributed by atoms with Crippen LogP contribution in [0.5, 0.6) is 0 Å². The van der Waals surface area contributed by atoms with Gasteiger partial charge in [-0.15, -0.1) is 11.3 Å². The summed E-state index contributed by atoms with van der Waals surface area (Å²) < 4.78 is 10.9. The zero-order chi connectivity index (χ0) is 20.2. The van der Waals surface area contributed by atoms with Gasteiger partial charge in [0.1, 0.15) is 6.10 Å². The molecule has 0 bridgehead atoms. The molecule has 1 N–H and O–H groups in total. The molecule has 9 heteroatoms. The van der Waals surface area contributed by atoms with Crippen LogP contribution in [-0.4, -0.2) is 41.4 Å². The van der Waals surface area contributed by atoms with E-state index < -0.39 is 0 Å². The summed E-state index contributed by atoms with van der Waals surface area (Å²) in [7, 11) is 0. The molecule has 2 aromatic heterocycles. The van der Waals surface area contributed by atoms with Gasteiger partial charge >= 0.3 is 0 Å². The highest BCUT2D eigenvalue weighted by atomic mass is 35.5. The van der Waals surface area contributed by atoms with Gasteiger partial charge < -0.3 is 14.1 Å². The molecular weight excluding hydrogens is 414 g/mol. The van der Waals surface area contributed by atoms with Crippen LogP contribution >= 0.6 is 22.9 Å². The number of rotatable bonds is 5. The molecule has 7 nitrogen and oxygen atoms in total. The third-order valence-electron chi connectivity index (χ3n) is 4.51. The zero-order valence-corrected chi connectivity index (χ0v) is 16.9. The number of morpholine rings is 1. The number of ether oxygens (including phenoxy) is 1. The van der Waals surface area contributed by atoms with Crippen molar-refractivity contribution in [2.45, 2.75) is 12.5 Å². The molecular formula is C20H18ClN3O4S. The number of hydrogen-bond acceptors (Lipinski definition) is 6. The minimum Gasteiger partial charge on any atom is -0.459 e. The quantitative estimate of drug-likeness (QED) is 0.664. The van der Waals surface area contributed by atoms with Crippen molar-refractivity contribution in [1.29, 1.82) is 0 Å². The second-order valence-corrected chi connectivity index (χ2v) is 7.80. The fourth-order valence-electron chi connectivity index (χ4n) is 3.03. The molecule has 1 aliphatic heterocycles. The molecule has 0 aliphatic carbocycles. The summed E-state index contributed by atoms with van der Waals surface area (Å²) in [6.07, 6.45) is 1.42. The standard InChI is InChI=1S/C20H18ClN3O4S/c21-14-5-3-13(4-6-14)17-11-24(7-9-28-17)18(25)10-15-12-29-20(22-15)23-19(26)16-2-1-8-27-16/h1-6,8,12,17H,7,9-11H2,(H,22,23,26). The highest BCUT2D eigenvalue weighted by Crippen LogP contribution is 2.24. The SMILES string of the molecule is O=C(Nc1nc(CC(=O)N2CCOC(c3ccc(Cl)cc3)C2)cs1)c1ccco1. The highest BCUT2D eigenvalue weighted by molar-refractivity contribution is 7.14. The maximum absolute atomic E-state index is 12.7. The summed E-state index contributed by atoms with van der Waals surface area (Å²) in [4.78, 5) is 30.9. The van der Waals surface area contributed by atoms with Crippen molar-refractivity contribution in [3.8, 4) is 0 Å². The van der Waals surface area contributed by atoms with Gasteiger partial charge in [-0.1, -0.05) is 23.7 Å². The first kappa shape index (κ1) is 19.6. The molecule has 29 heavy (non-hydrogen) atoms. The lowest BCUT2D eigenvalue weighted by Crippen LogP contribution is -2.43. The van der Waals surface area contributed by atoms with E-state index in [1.54, 1.807) is 22.4 Å². The van der Waals surface area contributed by atoms with Gasteiger partial charge in [0.15, 0.2) is 10.9 Å². The average Bonchev–Trinajstić information content (AvgIpc) is 3.41. The van der Waals surface area contributed by atoms with Crippen LogP contribution < -0.4 is 5.32 Å². The maximum Gasteiger partial charge on any atom is 0.293 e. The van der Waals surface area contributed by atoms with E-state index >= 15 is 0 Å². The molecule has 1 saturated heterocycles. The van der Waals surface area contributed by atoms with Gasteiger partial charge in [0.05, 0.1) is 31.5 Å². The van der Waals surface area contributed by atoms with E-state index in [0.717, 1.165) is 5.56 Å². The van der Waals surface area contributed by atoms with Crippen molar-refractivity contribution in [1.82, 2.24) is 9.88 Å². The number of anilines is 1. The van der Waals surface area contributed by atoms with Gasteiger partial charge in [0.2, 0.25) is 5.91 Å². The number of halogens is 1. The number of hydrogen-bond donors (Lipinski definition) is 1. The first-order chi connectivity index (χ1) is 14.1. The molecule has 1 atom stereocenters. The van der Waals surface area contributed by atoms with E-state index in [0.29, 0.717) is 35.5 Å². The second-order valence-electron chi connectivity index (χ2n) is 6.50. The van der Waals surface area contributed by atoms with Crippen molar-refractivity contribution in [3.63, 3.8) is 0 Å². The molecule has 1 aromatic carbocycles. The normalized spacial score (nSPS) is 16.6. The Balaban J connectivity index is 1.35. The Hall–Kier alpha value is -2.68. The third-order valence-corrected chi connectivity index (χ3v) is 5.57. The number of thiazole rings is 1. The first-order valence-corrected chi connectivity index (χ1v) is 10.3. The minimum absolute atomic E-state index is 0.0264. The second kappa shape index (κ2) is 8.77. The zero-order valence-electron chi connectivity index (χ0n) is 15.3. The van der Waals surface area contributed by atoms with Gasteiger partial charge in [0.25, 0.3) is 5.91 Å². The Morgan fingerprint density at radius 2 is 2.10 bits per heavy atom. The van der Waals surface area contributed by atoms with E-state index in [1.165, 1.54) is 17.6 Å². The van der Waals surface area contributed by atoms with Crippen molar-refractivity contribution in [3.05, 3.63) is 70.1 Å². The first-order valence-electron chi connectivity index (χ1n) is 9.02. The van der Waals surface area contributed by atoms with Crippen molar-refractivity contribution >= 4 is 39.9 Å². The summed E-state index contributed by atoms with van der Waals surface area (Å²) in [5.74, 6) is -0.193. The van der Waals surface area contributed by atoms with E-state index in [1.807, 2.05) is 24.3 Å². The van der Waals surface area contributed by atoms with E-state index in [-0.39, 0.29) is 30.1 Å². The molecule has 150 valence electrons. The lowest BCUT2D eigenvalue weighted by atomic mass is 10.1. The Morgan fingerprint density at radius 1 is 1.28 bits per heavy atom. The third kappa shape index (κ3) is 4.84. The Bertz CT molecular complexity index is 988. The molecule has 1 unspecified atom stereocenters. The summed E-state index contributed by atoms with van der Waals surface area (Å²) >= 11 is 7.21. The summed E-state index contributed by atoms with van der Waals surface area (Å²) in [5, 5.41) is 5.53. The predicted molar refractivity (Wildman–Crippen MR) is 109 cm³/mol. The van der Waals surface area contributed by atoms with Crippen LogP contribution in [0.3, 0.4) is 0 Å². The largest absolute Gasteiger partial charge is 0.459 e. The Labute approximate surface area is 176 Å². The fraction of sp³-hybridized carbons (Fsp3) is 0.250. The van der Waals surface area contributed by atoms with Gasteiger partial charge in [0, 0.05) is 16.9 Å².